The molecule has 5 heteroatoms. The van der Waals surface area contributed by atoms with E-state index in [9.17, 15) is 9.18 Å². The lowest BCUT2D eigenvalue weighted by atomic mass is 9.99. The first kappa shape index (κ1) is 18.8. The molecule has 0 unspecified atom stereocenters. The van der Waals surface area contributed by atoms with Gasteiger partial charge in [0.05, 0.1) is 12.1 Å². The zero-order valence-corrected chi connectivity index (χ0v) is 16.3. The molecule has 3 aromatic rings. The molecule has 3 nitrogen and oxygen atoms in total. The van der Waals surface area contributed by atoms with Gasteiger partial charge >= 0.3 is 6.09 Å². The van der Waals surface area contributed by atoms with E-state index in [0.29, 0.717) is 11.4 Å². The Bertz CT molecular complexity index is 986. The van der Waals surface area contributed by atoms with Crippen LogP contribution in [0.15, 0.2) is 66.7 Å². The lowest BCUT2D eigenvalue weighted by Gasteiger charge is -2.29. The normalized spacial score (nSPS) is 19.2. The van der Waals surface area contributed by atoms with Gasteiger partial charge in [-0.25, -0.2) is 9.18 Å². The summed E-state index contributed by atoms with van der Waals surface area (Å²) in [7, 11) is 0. The van der Waals surface area contributed by atoms with Gasteiger partial charge < -0.3 is 4.74 Å². The highest BCUT2D eigenvalue weighted by atomic mass is 35.5. The van der Waals surface area contributed by atoms with Crippen LogP contribution in [0.2, 0.25) is 5.02 Å². The van der Waals surface area contributed by atoms with E-state index in [2.05, 4.69) is 0 Å². The molecule has 4 rings (SSSR count). The number of rotatable bonds is 5. The van der Waals surface area contributed by atoms with Crippen molar-refractivity contribution in [1.82, 2.24) is 4.90 Å². The third-order valence-electron chi connectivity index (χ3n) is 5.22. The van der Waals surface area contributed by atoms with Crippen molar-refractivity contribution in [2.75, 3.05) is 0 Å². The predicted molar refractivity (Wildman–Crippen MR) is 109 cm³/mol. The molecule has 1 amide bonds. The number of amides is 1. The van der Waals surface area contributed by atoms with Crippen molar-refractivity contribution in [2.45, 2.75) is 38.2 Å². The van der Waals surface area contributed by atoms with E-state index in [1.807, 2.05) is 61.5 Å². The largest absolute Gasteiger partial charge is 0.445 e. The van der Waals surface area contributed by atoms with Crippen LogP contribution in [-0.2, 0) is 11.3 Å². The van der Waals surface area contributed by atoms with Crippen molar-refractivity contribution >= 4 is 28.5 Å². The van der Waals surface area contributed by atoms with Gasteiger partial charge in [-0.3, -0.25) is 4.90 Å². The van der Waals surface area contributed by atoms with Gasteiger partial charge in [0, 0.05) is 11.4 Å². The third-order valence-corrected chi connectivity index (χ3v) is 5.47. The number of ether oxygens (including phenoxy) is 1. The SMILES string of the molecule is C[C@@H](c1cccc2ccccc12)N(C(=O)OCc1ccc(Cl)cc1)[C@@H]1C[C@@H]1F. The van der Waals surface area contributed by atoms with Crippen LogP contribution in [-0.4, -0.2) is 23.2 Å². The zero-order chi connectivity index (χ0) is 19.7. The zero-order valence-electron chi connectivity index (χ0n) is 15.5. The maximum Gasteiger partial charge on any atom is 0.410 e. The molecule has 144 valence electrons. The van der Waals surface area contributed by atoms with E-state index in [1.54, 1.807) is 17.0 Å². The Labute approximate surface area is 168 Å². The van der Waals surface area contributed by atoms with Gasteiger partial charge in [-0.2, -0.15) is 0 Å². The summed E-state index contributed by atoms with van der Waals surface area (Å²) in [5.41, 5.74) is 1.82. The van der Waals surface area contributed by atoms with Crippen LogP contribution >= 0.6 is 11.6 Å². The summed E-state index contributed by atoms with van der Waals surface area (Å²) in [5, 5.41) is 2.78. The quantitative estimate of drug-likeness (QED) is 0.505. The molecule has 1 aliphatic rings. The lowest BCUT2D eigenvalue weighted by Crippen LogP contribution is -2.37. The van der Waals surface area contributed by atoms with Crippen LogP contribution in [0.3, 0.4) is 0 Å². The molecule has 0 saturated heterocycles. The van der Waals surface area contributed by atoms with Crippen LogP contribution in [0.5, 0.6) is 0 Å². The van der Waals surface area contributed by atoms with Crippen molar-refractivity contribution in [3.05, 3.63) is 82.9 Å². The summed E-state index contributed by atoms with van der Waals surface area (Å²) >= 11 is 5.89. The minimum Gasteiger partial charge on any atom is -0.445 e. The highest BCUT2D eigenvalue weighted by Crippen LogP contribution is 2.39. The number of carbonyl (C=O) groups is 1. The molecule has 0 aliphatic heterocycles. The Morgan fingerprint density at radius 3 is 2.54 bits per heavy atom. The second-order valence-corrected chi connectivity index (χ2v) is 7.59. The second-order valence-electron chi connectivity index (χ2n) is 7.15. The van der Waals surface area contributed by atoms with Gasteiger partial charge in [0.1, 0.15) is 12.8 Å². The fourth-order valence-electron chi connectivity index (χ4n) is 3.59. The van der Waals surface area contributed by atoms with E-state index in [1.165, 1.54) is 0 Å². The summed E-state index contributed by atoms with van der Waals surface area (Å²) in [6.45, 7) is 2.05. The predicted octanol–water partition coefficient (Wildman–Crippen LogP) is 6.30. The minimum atomic E-state index is -1.000. The molecule has 1 saturated carbocycles. The molecule has 0 heterocycles. The van der Waals surface area contributed by atoms with Gasteiger partial charge in [-0.1, -0.05) is 66.2 Å². The average molecular weight is 398 g/mol. The van der Waals surface area contributed by atoms with Crippen LogP contribution in [0.4, 0.5) is 9.18 Å². The van der Waals surface area contributed by atoms with Gasteiger partial charge in [-0.05, 0) is 41.0 Å². The number of carbonyl (C=O) groups excluding carboxylic acids is 1. The first-order valence-corrected chi connectivity index (χ1v) is 9.73. The summed E-state index contributed by atoms with van der Waals surface area (Å²) in [4.78, 5) is 14.4. The highest BCUT2D eigenvalue weighted by Gasteiger charge is 2.47. The van der Waals surface area contributed by atoms with E-state index in [4.69, 9.17) is 16.3 Å². The number of hydrogen-bond acceptors (Lipinski definition) is 2. The highest BCUT2D eigenvalue weighted by molar-refractivity contribution is 6.30. The molecule has 28 heavy (non-hydrogen) atoms. The smallest absolute Gasteiger partial charge is 0.410 e. The van der Waals surface area contributed by atoms with Gasteiger partial charge in [0.15, 0.2) is 0 Å². The number of nitrogens with zero attached hydrogens (tertiary/aromatic N) is 1. The molecule has 1 fully saturated rings. The monoisotopic (exact) mass is 397 g/mol. The van der Waals surface area contributed by atoms with Crippen molar-refractivity contribution in [2.24, 2.45) is 0 Å². The molecule has 0 N–H and O–H groups in total. The molecule has 1 aliphatic carbocycles. The molecular weight excluding hydrogens is 377 g/mol. The number of benzene rings is 3. The second kappa shape index (κ2) is 7.80. The summed E-state index contributed by atoms with van der Waals surface area (Å²) < 4.78 is 19.4. The Morgan fingerprint density at radius 2 is 1.82 bits per heavy atom. The number of fused-ring (bicyclic) bond motifs is 1. The number of halogens is 2. The summed E-state index contributed by atoms with van der Waals surface area (Å²) in [6.07, 6.45) is -1.15. The van der Waals surface area contributed by atoms with Gasteiger partial charge in [0.2, 0.25) is 0 Å². The maximum absolute atomic E-state index is 13.9. The van der Waals surface area contributed by atoms with Crippen LogP contribution in [0.1, 0.15) is 30.5 Å². The molecule has 0 spiro atoms. The Morgan fingerprint density at radius 1 is 1.14 bits per heavy atom. The summed E-state index contributed by atoms with van der Waals surface area (Å²) in [6, 6.07) is 20.4. The van der Waals surface area contributed by atoms with Crippen molar-refractivity contribution in [1.29, 1.82) is 0 Å². The van der Waals surface area contributed by atoms with Crippen molar-refractivity contribution in [3.63, 3.8) is 0 Å². The number of alkyl halides is 1. The van der Waals surface area contributed by atoms with E-state index in [-0.39, 0.29) is 12.6 Å². The van der Waals surface area contributed by atoms with Gasteiger partial charge in [-0.15, -0.1) is 0 Å². The van der Waals surface area contributed by atoms with Crippen LogP contribution in [0.25, 0.3) is 10.8 Å². The Kier molecular flexibility index (Phi) is 5.23. The molecule has 3 aromatic carbocycles. The van der Waals surface area contributed by atoms with E-state index in [0.717, 1.165) is 21.9 Å². The Hall–Kier alpha value is -2.59. The molecule has 0 aromatic heterocycles. The fourth-order valence-corrected chi connectivity index (χ4v) is 3.71. The van der Waals surface area contributed by atoms with Gasteiger partial charge in [0.25, 0.3) is 0 Å². The summed E-state index contributed by atoms with van der Waals surface area (Å²) in [5.74, 6) is 0. The molecule has 0 radical (unpaired) electrons. The topological polar surface area (TPSA) is 29.5 Å². The first-order valence-electron chi connectivity index (χ1n) is 9.36. The van der Waals surface area contributed by atoms with Crippen molar-refractivity contribution in [3.8, 4) is 0 Å². The van der Waals surface area contributed by atoms with Crippen molar-refractivity contribution < 1.29 is 13.9 Å². The molecular formula is C23H21ClFNO2. The number of hydrogen-bond donors (Lipinski definition) is 0. The molecule has 3 atom stereocenters. The standard InChI is InChI=1S/C23H21ClFNO2/c1-15(19-8-4-6-17-5-2-3-7-20(17)19)26(22-13-21(22)25)23(27)28-14-16-9-11-18(24)12-10-16/h2-12,15,21-22H,13-14H2,1H3/t15-,21-,22+/m0/s1. The van der Waals surface area contributed by atoms with Crippen LogP contribution < -0.4 is 0 Å². The van der Waals surface area contributed by atoms with Crippen LogP contribution in [0, 0.1) is 0 Å². The maximum atomic E-state index is 13.9. The third kappa shape index (κ3) is 3.83. The fraction of sp³-hybridized carbons (Fsp3) is 0.261. The minimum absolute atomic E-state index is 0.123. The molecule has 0 bridgehead atoms. The first-order chi connectivity index (χ1) is 13.5. The Balaban J connectivity index is 1.57. The van der Waals surface area contributed by atoms with E-state index >= 15 is 0 Å². The van der Waals surface area contributed by atoms with E-state index < -0.39 is 18.3 Å². The lowest BCUT2D eigenvalue weighted by molar-refractivity contribution is 0.0763. The average Bonchev–Trinajstić information content (AvgIpc) is 3.43.